The van der Waals surface area contributed by atoms with Gasteiger partial charge in [-0.1, -0.05) is 49.6 Å². The van der Waals surface area contributed by atoms with E-state index >= 15 is 0 Å². The smallest absolute Gasteiger partial charge is 0.342 e. The number of carbonyl (C=O) groups is 2. The summed E-state index contributed by atoms with van der Waals surface area (Å²) in [5.74, 6) is 0.0120. The first-order valence-electron chi connectivity index (χ1n) is 11.4. The Morgan fingerprint density at radius 3 is 2.27 bits per heavy atom. The van der Waals surface area contributed by atoms with Crippen LogP contribution in [0.4, 0.5) is 0 Å². The lowest BCUT2D eigenvalue weighted by atomic mass is 9.93. The molecule has 1 amide bonds. The van der Waals surface area contributed by atoms with E-state index in [0.717, 1.165) is 32.1 Å². The van der Waals surface area contributed by atoms with E-state index < -0.39 is 22.4 Å². The molecule has 0 aromatic heterocycles. The summed E-state index contributed by atoms with van der Waals surface area (Å²) >= 11 is 0. The van der Waals surface area contributed by atoms with E-state index in [4.69, 9.17) is 9.47 Å². The lowest BCUT2D eigenvalue weighted by Gasteiger charge is -2.38. The monoisotopic (exact) mass is 471 g/mol. The number of benzene rings is 2. The van der Waals surface area contributed by atoms with Gasteiger partial charge in [0.1, 0.15) is 17.1 Å². The predicted molar refractivity (Wildman–Crippen MR) is 124 cm³/mol. The van der Waals surface area contributed by atoms with Crippen LogP contribution in [0, 0.1) is 0 Å². The zero-order chi connectivity index (χ0) is 23.3. The lowest BCUT2D eigenvalue weighted by Crippen LogP contribution is -2.50. The summed E-state index contributed by atoms with van der Waals surface area (Å²) in [6.07, 6.45) is 5.28. The Hall–Kier alpha value is -2.87. The molecule has 2 aromatic rings. The van der Waals surface area contributed by atoms with Crippen molar-refractivity contribution in [2.45, 2.75) is 50.6 Å². The lowest BCUT2D eigenvalue weighted by molar-refractivity contribution is -0.140. The fourth-order valence-electron chi connectivity index (χ4n) is 4.68. The molecule has 0 bridgehead atoms. The first-order valence-corrected chi connectivity index (χ1v) is 13.3. The fraction of sp³-hybridized carbons (Fsp3) is 0.440. The Labute approximate surface area is 194 Å². The standard InChI is InChI=1S/C25H29NO6S/c27-24(26(19-9-3-1-4-10-19)20-15-16-33(29,30)18-20)17-31-25(28)22-13-7-8-14-23(22)32-21-11-5-2-6-12-21/h2,5-8,11-14,19-20H,1,3-4,9-10,15-18H2. The average Bonchev–Trinajstić information content (AvgIpc) is 3.18. The van der Waals surface area contributed by atoms with Gasteiger partial charge in [0, 0.05) is 12.1 Å². The minimum Gasteiger partial charge on any atom is -0.456 e. The summed E-state index contributed by atoms with van der Waals surface area (Å²) < 4.78 is 35.3. The van der Waals surface area contributed by atoms with E-state index in [1.165, 1.54) is 0 Å². The summed E-state index contributed by atoms with van der Waals surface area (Å²) in [6.45, 7) is -0.425. The minimum absolute atomic E-state index is 0.00282. The molecule has 1 saturated heterocycles. The van der Waals surface area contributed by atoms with Crippen molar-refractivity contribution >= 4 is 21.7 Å². The fourth-order valence-corrected chi connectivity index (χ4v) is 6.39. The van der Waals surface area contributed by atoms with Gasteiger partial charge in [-0.15, -0.1) is 0 Å². The van der Waals surface area contributed by atoms with Gasteiger partial charge in [-0.25, -0.2) is 13.2 Å². The van der Waals surface area contributed by atoms with E-state index in [-0.39, 0.29) is 35.1 Å². The van der Waals surface area contributed by atoms with Crippen molar-refractivity contribution in [1.29, 1.82) is 0 Å². The third-order valence-electron chi connectivity index (χ3n) is 6.26. The number of carbonyl (C=O) groups excluding carboxylic acids is 2. The van der Waals surface area contributed by atoms with Gasteiger partial charge in [0.15, 0.2) is 16.4 Å². The highest BCUT2D eigenvalue weighted by molar-refractivity contribution is 7.91. The number of hydrogen-bond acceptors (Lipinski definition) is 6. The highest BCUT2D eigenvalue weighted by Gasteiger charge is 2.38. The molecule has 1 saturated carbocycles. The minimum atomic E-state index is -3.14. The number of amides is 1. The van der Waals surface area contributed by atoms with E-state index in [1.807, 2.05) is 18.2 Å². The molecule has 1 atom stereocenters. The van der Waals surface area contributed by atoms with Gasteiger partial charge in [0.2, 0.25) is 0 Å². The SMILES string of the molecule is O=C(OCC(=O)N(C1CCCCC1)C1CCS(=O)(=O)C1)c1ccccc1Oc1ccccc1. The Kier molecular flexibility index (Phi) is 7.33. The predicted octanol–water partition coefficient (Wildman–Crippen LogP) is 3.98. The first-order chi connectivity index (χ1) is 15.9. The van der Waals surface area contributed by atoms with Crippen LogP contribution in [-0.2, 0) is 19.4 Å². The highest BCUT2D eigenvalue weighted by Crippen LogP contribution is 2.29. The zero-order valence-corrected chi connectivity index (χ0v) is 19.3. The molecular weight excluding hydrogens is 442 g/mol. The molecule has 0 N–H and O–H groups in total. The van der Waals surface area contributed by atoms with E-state index in [0.29, 0.717) is 17.9 Å². The molecule has 2 aromatic carbocycles. The van der Waals surface area contributed by atoms with Gasteiger partial charge in [0.05, 0.1) is 11.5 Å². The summed E-state index contributed by atoms with van der Waals surface area (Å²) in [6, 6.07) is 15.5. The largest absolute Gasteiger partial charge is 0.456 e. The number of para-hydroxylation sites is 2. The van der Waals surface area contributed by atoms with Crippen LogP contribution in [-0.4, -0.2) is 55.4 Å². The highest BCUT2D eigenvalue weighted by atomic mass is 32.2. The van der Waals surface area contributed by atoms with Gasteiger partial charge in [-0.3, -0.25) is 4.79 Å². The third kappa shape index (κ3) is 5.93. The number of ether oxygens (including phenoxy) is 2. The van der Waals surface area contributed by atoms with E-state index in [1.54, 1.807) is 41.3 Å². The molecule has 1 aliphatic carbocycles. The zero-order valence-electron chi connectivity index (χ0n) is 18.5. The quantitative estimate of drug-likeness (QED) is 0.568. The molecule has 33 heavy (non-hydrogen) atoms. The second-order valence-corrected chi connectivity index (χ2v) is 10.9. The van der Waals surface area contributed by atoms with Gasteiger partial charge in [-0.05, 0) is 43.5 Å². The van der Waals surface area contributed by atoms with Gasteiger partial charge in [0.25, 0.3) is 5.91 Å². The molecule has 4 rings (SSSR count). The molecule has 1 aliphatic heterocycles. The first kappa shape index (κ1) is 23.3. The Bertz CT molecular complexity index is 1080. The second-order valence-electron chi connectivity index (χ2n) is 8.64. The second kappa shape index (κ2) is 10.4. The van der Waals surface area contributed by atoms with Gasteiger partial charge < -0.3 is 14.4 Å². The molecule has 1 unspecified atom stereocenters. The van der Waals surface area contributed by atoms with Crippen LogP contribution in [0.3, 0.4) is 0 Å². The number of sulfone groups is 1. The van der Waals surface area contributed by atoms with E-state index in [2.05, 4.69) is 0 Å². The molecular formula is C25H29NO6S. The Morgan fingerprint density at radius 1 is 0.879 bits per heavy atom. The Balaban J connectivity index is 1.45. The maximum atomic E-state index is 13.2. The number of nitrogens with zero attached hydrogens (tertiary/aromatic N) is 1. The Morgan fingerprint density at radius 2 is 1.58 bits per heavy atom. The number of hydrogen-bond donors (Lipinski definition) is 0. The normalized spacial score (nSPS) is 20.2. The maximum absolute atomic E-state index is 13.2. The van der Waals surface area contributed by atoms with Crippen LogP contribution < -0.4 is 4.74 Å². The molecule has 0 radical (unpaired) electrons. The van der Waals surface area contributed by atoms with Crippen LogP contribution in [0.2, 0.25) is 0 Å². The van der Waals surface area contributed by atoms with Gasteiger partial charge >= 0.3 is 5.97 Å². The molecule has 0 spiro atoms. The van der Waals surface area contributed by atoms with Crippen molar-refractivity contribution in [1.82, 2.24) is 4.90 Å². The maximum Gasteiger partial charge on any atom is 0.342 e. The van der Waals surface area contributed by atoms with Crippen molar-refractivity contribution in [2.75, 3.05) is 18.1 Å². The topological polar surface area (TPSA) is 90.0 Å². The van der Waals surface area contributed by atoms with Crippen LogP contribution in [0.5, 0.6) is 11.5 Å². The van der Waals surface area contributed by atoms with Crippen LogP contribution in [0.1, 0.15) is 48.9 Å². The third-order valence-corrected chi connectivity index (χ3v) is 8.01. The van der Waals surface area contributed by atoms with Gasteiger partial charge in [-0.2, -0.15) is 0 Å². The summed E-state index contributed by atoms with van der Waals surface area (Å²) in [4.78, 5) is 27.7. The number of rotatable bonds is 7. The van der Waals surface area contributed by atoms with Crippen LogP contribution in [0.25, 0.3) is 0 Å². The number of esters is 1. The molecule has 176 valence electrons. The van der Waals surface area contributed by atoms with Crippen molar-refractivity contribution < 1.29 is 27.5 Å². The summed E-state index contributed by atoms with van der Waals surface area (Å²) in [5, 5.41) is 0. The summed E-state index contributed by atoms with van der Waals surface area (Å²) in [7, 11) is -3.14. The molecule has 2 fully saturated rings. The molecule has 1 heterocycles. The van der Waals surface area contributed by atoms with Crippen LogP contribution in [0.15, 0.2) is 54.6 Å². The van der Waals surface area contributed by atoms with Crippen molar-refractivity contribution in [3.05, 3.63) is 60.2 Å². The average molecular weight is 472 g/mol. The summed E-state index contributed by atoms with van der Waals surface area (Å²) in [5.41, 5.74) is 0.224. The van der Waals surface area contributed by atoms with Crippen molar-refractivity contribution in [2.24, 2.45) is 0 Å². The van der Waals surface area contributed by atoms with Crippen molar-refractivity contribution in [3.8, 4) is 11.5 Å². The van der Waals surface area contributed by atoms with Crippen molar-refractivity contribution in [3.63, 3.8) is 0 Å². The molecule has 7 nitrogen and oxygen atoms in total. The van der Waals surface area contributed by atoms with E-state index in [9.17, 15) is 18.0 Å². The van der Waals surface area contributed by atoms with Crippen LogP contribution >= 0.6 is 0 Å². The molecule has 8 heteroatoms. The molecule has 2 aliphatic rings.